The molecular formula is C17H15F4NO4. The van der Waals surface area contributed by atoms with Crippen LogP contribution in [0.1, 0.15) is 36.2 Å². The summed E-state index contributed by atoms with van der Waals surface area (Å²) >= 11 is 0. The zero-order valence-corrected chi connectivity index (χ0v) is 13.5. The van der Waals surface area contributed by atoms with Crippen LogP contribution in [0.2, 0.25) is 0 Å². The molecule has 0 spiro atoms. The molecule has 1 heterocycles. The topological polar surface area (TPSA) is 79.5 Å². The normalized spacial score (nSPS) is 18.7. The number of hydrogen-bond acceptors (Lipinski definition) is 4. The lowest BCUT2D eigenvalue weighted by atomic mass is 9.83. The number of fused-ring (bicyclic) bond motifs is 1. The van der Waals surface area contributed by atoms with Crippen LogP contribution in [0, 0.1) is 11.6 Å². The van der Waals surface area contributed by atoms with Crippen molar-refractivity contribution in [2.75, 3.05) is 6.54 Å². The molecule has 0 radical (unpaired) electrons. The van der Waals surface area contributed by atoms with Crippen molar-refractivity contribution in [1.82, 2.24) is 5.32 Å². The highest BCUT2D eigenvalue weighted by atomic mass is 19.3. The SMILES string of the molecule is O=C(NCC1(O)CCC(F)(F)CC1)c1cc(=O)c2cc(F)cc(F)c2o1. The molecule has 1 aromatic carbocycles. The van der Waals surface area contributed by atoms with Gasteiger partial charge in [0.2, 0.25) is 5.92 Å². The van der Waals surface area contributed by atoms with E-state index in [1.54, 1.807) is 0 Å². The van der Waals surface area contributed by atoms with Crippen LogP contribution in [0.3, 0.4) is 0 Å². The molecule has 0 atom stereocenters. The molecule has 5 nitrogen and oxygen atoms in total. The Morgan fingerprint density at radius 1 is 1.15 bits per heavy atom. The molecule has 2 N–H and O–H groups in total. The number of halogens is 4. The Labute approximate surface area is 144 Å². The summed E-state index contributed by atoms with van der Waals surface area (Å²) in [4.78, 5) is 24.1. The summed E-state index contributed by atoms with van der Waals surface area (Å²) in [5.41, 5.74) is -2.88. The highest BCUT2D eigenvalue weighted by Gasteiger charge is 2.42. The van der Waals surface area contributed by atoms with Crippen molar-refractivity contribution >= 4 is 16.9 Å². The van der Waals surface area contributed by atoms with Crippen LogP contribution in [0.15, 0.2) is 27.4 Å². The molecule has 0 aliphatic heterocycles. The quantitative estimate of drug-likeness (QED) is 0.811. The van der Waals surface area contributed by atoms with E-state index in [0.717, 1.165) is 12.1 Å². The van der Waals surface area contributed by atoms with Gasteiger partial charge in [0.05, 0.1) is 11.0 Å². The number of nitrogens with one attached hydrogen (secondary N) is 1. The molecule has 3 rings (SSSR count). The maximum Gasteiger partial charge on any atom is 0.287 e. The first kappa shape index (κ1) is 18.4. The number of carbonyl (C=O) groups is 1. The van der Waals surface area contributed by atoms with Gasteiger partial charge >= 0.3 is 0 Å². The molecule has 0 unspecified atom stereocenters. The van der Waals surface area contributed by atoms with Gasteiger partial charge in [-0.25, -0.2) is 17.6 Å². The first-order valence-corrected chi connectivity index (χ1v) is 7.90. The van der Waals surface area contributed by atoms with Crippen LogP contribution in [0.25, 0.3) is 11.0 Å². The lowest BCUT2D eigenvalue weighted by molar-refractivity contribution is -0.101. The molecule has 1 saturated carbocycles. The van der Waals surface area contributed by atoms with Crippen LogP contribution in [-0.4, -0.2) is 29.1 Å². The fraction of sp³-hybridized carbons (Fsp3) is 0.412. The minimum Gasteiger partial charge on any atom is -0.448 e. The maximum absolute atomic E-state index is 13.8. The molecular weight excluding hydrogens is 358 g/mol. The van der Waals surface area contributed by atoms with Gasteiger partial charge in [0.25, 0.3) is 5.91 Å². The third-order valence-corrected chi connectivity index (χ3v) is 4.46. The molecule has 140 valence electrons. The second-order valence-electron chi connectivity index (χ2n) is 6.50. The van der Waals surface area contributed by atoms with Gasteiger partial charge in [-0.2, -0.15) is 0 Å². The van der Waals surface area contributed by atoms with E-state index in [4.69, 9.17) is 4.42 Å². The third kappa shape index (κ3) is 3.72. The predicted molar refractivity (Wildman–Crippen MR) is 83.1 cm³/mol. The largest absolute Gasteiger partial charge is 0.448 e. The van der Waals surface area contributed by atoms with Crippen molar-refractivity contribution in [3.05, 3.63) is 45.8 Å². The molecule has 26 heavy (non-hydrogen) atoms. The average Bonchev–Trinajstić information content (AvgIpc) is 2.57. The van der Waals surface area contributed by atoms with Crippen LogP contribution in [-0.2, 0) is 0 Å². The van der Waals surface area contributed by atoms with E-state index in [0.29, 0.717) is 6.07 Å². The van der Waals surface area contributed by atoms with Gasteiger partial charge in [0, 0.05) is 31.5 Å². The number of amides is 1. The van der Waals surface area contributed by atoms with Crippen molar-refractivity contribution in [3.8, 4) is 0 Å². The van der Waals surface area contributed by atoms with Crippen LogP contribution in [0.5, 0.6) is 0 Å². The summed E-state index contributed by atoms with van der Waals surface area (Å²) in [6.45, 7) is -0.324. The van der Waals surface area contributed by atoms with Crippen molar-refractivity contribution in [1.29, 1.82) is 0 Å². The highest BCUT2D eigenvalue weighted by molar-refractivity contribution is 5.93. The standard InChI is InChI=1S/C17H15F4NO4/c18-9-5-10-12(23)7-13(26-14(10)11(19)6-9)15(24)22-8-16(25)1-3-17(20,21)4-2-16/h5-7,25H,1-4,8H2,(H,22,24). The maximum atomic E-state index is 13.8. The summed E-state index contributed by atoms with van der Waals surface area (Å²) in [6.07, 6.45) is -1.39. The van der Waals surface area contributed by atoms with E-state index in [9.17, 15) is 32.3 Å². The van der Waals surface area contributed by atoms with Gasteiger partial charge in [-0.1, -0.05) is 0 Å². The molecule has 1 fully saturated rings. The summed E-state index contributed by atoms with van der Waals surface area (Å²) in [7, 11) is 0. The van der Waals surface area contributed by atoms with E-state index < -0.39 is 58.7 Å². The Kier molecular flexibility index (Phi) is 4.51. The smallest absolute Gasteiger partial charge is 0.287 e. The third-order valence-electron chi connectivity index (χ3n) is 4.46. The minimum absolute atomic E-state index is 0.199. The van der Waals surface area contributed by atoms with E-state index in [1.807, 2.05) is 0 Å². The van der Waals surface area contributed by atoms with Gasteiger partial charge < -0.3 is 14.8 Å². The van der Waals surface area contributed by atoms with Gasteiger partial charge in [-0.15, -0.1) is 0 Å². The zero-order chi connectivity index (χ0) is 19.1. The van der Waals surface area contributed by atoms with Crippen LogP contribution < -0.4 is 10.7 Å². The fourth-order valence-corrected chi connectivity index (χ4v) is 2.89. The van der Waals surface area contributed by atoms with Crippen molar-refractivity contribution < 1.29 is 31.9 Å². The Morgan fingerprint density at radius 2 is 1.81 bits per heavy atom. The number of rotatable bonds is 3. The second kappa shape index (κ2) is 6.39. The number of aliphatic hydroxyl groups is 1. The molecule has 1 amide bonds. The lowest BCUT2D eigenvalue weighted by Gasteiger charge is -2.35. The summed E-state index contributed by atoms with van der Waals surface area (Å²) < 4.78 is 58.3. The Morgan fingerprint density at radius 3 is 2.46 bits per heavy atom. The van der Waals surface area contributed by atoms with Gasteiger partial charge in [-0.3, -0.25) is 9.59 Å². The minimum atomic E-state index is -2.84. The van der Waals surface area contributed by atoms with E-state index in [1.165, 1.54) is 0 Å². The lowest BCUT2D eigenvalue weighted by Crippen LogP contribution is -2.47. The summed E-state index contributed by atoms with van der Waals surface area (Å²) in [5, 5.41) is 12.2. The van der Waals surface area contributed by atoms with Crippen molar-refractivity contribution in [2.45, 2.75) is 37.2 Å². The Bertz CT molecular complexity index is 915. The van der Waals surface area contributed by atoms with Gasteiger partial charge in [0.15, 0.2) is 22.6 Å². The molecule has 9 heteroatoms. The van der Waals surface area contributed by atoms with E-state index in [2.05, 4.69) is 5.32 Å². The fourth-order valence-electron chi connectivity index (χ4n) is 2.89. The van der Waals surface area contributed by atoms with Crippen LogP contribution >= 0.6 is 0 Å². The molecule has 1 aliphatic rings. The van der Waals surface area contributed by atoms with Crippen molar-refractivity contribution in [2.24, 2.45) is 0 Å². The molecule has 0 bridgehead atoms. The summed E-state index contributed by atoms with van der Waals surface area (Å²) in [6, 6.07) is 2.07. The first-order chi connectivity index (χ1) is 12.1. The number of carbonyl (C=O) groups excluding carboxylic acids is 1. The van der Waals surface area contributed by atoms with Gasteiger partial charge in [0.1, 0.15) is 5.82 Å². The molecule has 1 aromatic heterocycles. The average molecular weight is 373 g/mol. The molecule has 2 aromatic rings. The van der Waals surface area contributed by atoms with E-state index in [-0.39, 0.29) is 24.8 Å². The monoisotopic (exact) mass is 373 g/mol. The van der Waals surface area contributed by atoms with Crippen molar-refractivity contribution in [3.63, 3.8) is 0 Å². The number of alkyl halides is 2. The number of benzene rings is 1. The van der Waals surface area contributed by atoms with E-state index >= 15 is 0 Å². The highest BCUT2D eigenvalue weighted by Crippen LogP contribution is 2.38. The predicted octanol–water partition coefficient (Wildman–Crippen LogP) is 2.74. The van der Waals surface area contributed by atoms with Gasteiger partial charge in [-0.05, 0) is 18.9 Å². The Balaban J connectivity index is 1.77. The molecule has 0 saturated heterocycles. The number of hydrogen-bond donors (Lipinski definition) is 2. The first-order valence-electron chi connectivity index (χ1n) is 7.90. The molecule has 1 aliphatic carbocycles. The van der Waals surface area contributed by atoms with Crippen LogP contribution in [0.4, 0.5) is 17.6 Å². The second-order valence-corrected chi connectivity index (χ2v) is 6.50. The Hall–Kier alpha value is -2.42. The zero-order valence-electron chi connectivity index (χ0n) is 13.5. The summed E-state index contributed by atoms with van der Waals surface area (Å²) in [5.74, 6) is -6.39.